The highest BCUT2D eigenvalue weighted by molar-refractivity contribution is 7.09. The van der Waals surface area contributed by atoms with E-state index >= 15 is 0 Å². The van der Waals surface area contributed by atoms with E-state index in [1.807, 2.05) is 18.5 Å². The lowest BCUT2D eigenvalue weighted by molar-refractivity contribution is 0.677. The molecule has 0 amide bonds. The van der Waals surface area contributed by atoms with Gasteiger partial charge in [0.15, 0.2) is 0 Å². The molecule has 6 heteroatoms. The Kier molecular flexibility index (Phi) is 3.31. The van der Waals surface area contributed by atoms with Gasteiger partial charge in [0.2, 0.25) is 5.13 Å². The van der Waals surface area contributed by atoms with E-state index in [9.17, 15) is 0 Å². The second kappa shape index (κ2) is 5.44. The normalized spacial score (nSPS) is 14.7. The Hall–Kier alpha value is -1.95. The van der Waals surface area contributed by atoms with Crippen LogP contribution in [0.15, 0.2) is 30.6 Å². The third-order valence-corrected chi connectivity index (χ3v) is 4.45. The molecule has 0 radical (unpaired) electrons. The number of hydrogen-bond acceptors (Lipinski definition) is 5. The summed E-state index contributed by atoms with van der Waals surface area (Å²) in [5, 5.41) is 4.32. The van der Waals surface area contributed by atoms with Gasteiger partial charge in [-0.25, -0.2) is 9.97 Å². The molecule has 5 nitrogen and oxygen atoms in total. The number of hydrogen-bond donors (Lipinski definition) is 1. The monoisotopic (exact) mass is 299 g/mol. The average molecular weight is 299 g/mol. The van der Waals surface area contributed by atoms with Gasteiger partial charge in [-0.05, 0) is 31.4 Å². The molecule has 0 unspecified atom stereocenters. The van der Waals surface area contributed by atoms with E-state index in [1.165, 1.54) is 29.9 Å². The Bertz CT molecular complexity index is 743. The number of aromatic nitrogens is 4. The molecule has 1 aliphatic carbocycles. The fourth-order valence-electron chi connectivity index (χ4n) is 2.45. The van der Waals surface area contributed by atoms with Gasteiger partial charge in [-0.2, -0.15) is 4.37 Å². The lowest BCUT2D eigenvalue weighted by Crippen LogP contribution is -2.06. The van der Waals surface area contributed by atoms with Crippen molar-refractivity contribution in [2.24, 2.45) is 0 Å². The maximum atomic E-state index is 4.53. The van der Waals surface area contributed by atoms with Crippen LogP contribution in [-0.2, 0) is 6.54 Å². The van der Waals surface area contributed by atoms with Crippen molar-refractivity contribution in [3.63, 3.8) is 0 Å². The standard InChI is InChI=1S/C15H17N5S/c1-2-5-13-12(4-1)17-10-20(13)9-3-8-16-15-18-14(19-21-15)11-6-7-11/h1-2,4-5,10-11H,3,6-9H2,(H,16,18,19). The summed E-state index contributed by atoms with van der Waals surface area (Å²) < 4.78 is 6.60. The molecular formula is C15H17N5S. The molecule has 3 aromatic rings. The molecule has 1 aliphatic rings. The van der Waals surface area contributed by atoms with E-state index in [-0.39, 0.29) is 0 Å². The van der Waals surface area contributed by atoms with Crippen LogP contribution in [0.25, 0.3) is 11.0 Å². The van der Waals surface area contributed by atoms with Gasteiger partial charge >= 0.3 is 0 Å². The van der Waals surface area contributed by atoms with Crippen molar-refractivity contribution in [3.8, 4) is 0 Å². The molecule has 0 atom stereocenters. The minimum atomic E-state index is 0.633. The minimum absolute atomic E-state index is 0.633. The Morgan fingerprint density at radius 3 is 3.10 bits per heavy atom. The molecule has 1 saturated carbocycles. The van der Waals surface area contributed by atoms with Crippen LogP contribution in [0.1, 0.15) is 31.0 Å². The summed E-state index contributed by atoms with van der Waals surface area (Å²) in [6, 6.07) is 8.24. The first-order valence-corrected chi connectivity index (χ1v) is 8.15. The van der Waals surface area contributed by atoms with Gasteiger partial charge in [-0.1, -0.05) is 12.1 Å². The number of imidazole rings is 1. The van der Waals surface area contributed by atoms with E-state index in [1.54, 1.807) is 0 Å². The molecule has 1 N–H and O–H groups in total. The van der Waals surface area contributed by atoms with Crippen LogP contribution in [0, 0.1) is 0 Å². The molecule has 21 heavy (non-hydrogen) atoms. The number of fused-ring (bicyclic) bond motifs is 1. The van der Waals surface area contributed by atoms with Gasteiger partial charge in [0.05, 0.1) is 17.4 Å². The first kappa shape index (κ1) is 12.8. The average Bonchev–Trinajstić information content (AvgIpc) is 3.12. The number of benzene rings is 1. The molecule has 2 aromatic heterocycles. The SMILES string of the molecule is c1ccc2c(c1)ncn2CCCNc1nc(C2CC2)ns1. The molecule has 0 spiro atoms. The van der Waals surface area contributed by atoms with Crippen molar-refractivity contribution in [2.45, 2.75) is 31.7 Å². The maximum absolute atomic E-state index is 4.53. The molecular weight excluding hydrogens is 282 g/mol. The van der Waals surface area contributed by atoms with E-state index in [0.29, 0.717) is 5.92 Å². The Labute approximate surface area is 127 Å². The zero-order valence-electron chi connectivity index (χ0n) is 11.7. The summed E-state index contributed by atoms with van der Waals surface area (Å²) in [5.41, 5.74) is 2.26. The second-order valence-electron chi connectivity index (χ2n) is 5.44. The van der Waals surface area contributed by atoms with Crippen molar-refractivity contribution < 1.29 is 0 Å². The van der Waals surface area contributed by atoms with Crippen LogP contribution in [0.3, 0.4) is 0 Å². The van der Waals surface area contributed by atoms with Crippen LogP contribution in [-0.4, -0.2) is 25.5 Å². The smallest absolute Gasteiger partial charge is 0.202 e. The van der Waals surface area contributed by atoms with E-state index in [4.69, 9.17) is 0 Å². The molecule has 2 heterocycles. The predicted octanol–water partition coefficient (Wildman–Crippen LogP) is 3.27. The Balaban J connectivity index is 1.30. The van der Waals surface area contributed by atoms with Crippen molar-refractivity contribution in [3.05, 3.63) is 36.4 Å². The van der Waals surface area contributed by atoms with Crippen LogP contribution in [0.4, 0.5) is 5.13 Å². The topological polar surface area (TPSA) is 55.6 Å². The summed E-state index contributed by atoms with van der Waals surface area (Å²) in [5.74, 6) is 1.66. The van der Waals surface area contributed by atoms with Crippen LogP contribution >= 0.6 is 11.5 Å². The molecule has 0 aliphatic heterocycles. The van der Waals surface area contributed by atoms with E-state index in [2.05, 4.69) is 36.4 Å². The van der Waals surface area contributed by atoms with Gasteiger partial charge in [0, 0.05) is 30.5 Å². The summed E-state index contributed by atoms with van der Waals surface area (Å²) in [7, 11) is 0. The van der Waals surface area contributed by atoms with Gasteiger partial charge < -0.3 is 9.88 Å². The summed E-state index contributed by atoms with van der Waals surface area (Å²) in [4.78, 5) is 8.94. The molecule has 1 aromatic carbocycles. The Morgan fingerprint density at radius 2 is 2.19 bits per heavy atom. The van der Waals surface area contributed by atoms with Gasteiger partial charge in [0.1, 0.15) is 5.82 Å². The highest BCUT2D eigenvalue weighted by Gasteiger charge is 2.27. The number of para-hydroxylation sites is 2. The lowest BCUT2D eigenvalue weighted by atomic mass is 10.3. The van der Waals surface area contributed by atoms with Crippen LogP contribution < -0.4 is 5.32 Å². The van der Waals surface area contributed by atoms with E-state index < -0.39 is 0 Å². The largest absolute Gasteiger partial charge is 0.360 e. The number of rotatable bonds is 6. The number of anilines is 1. The van der Waals surface area contributed by atoms with Gasteiger partial charge in [-0.3, -0.25) is 0 Å². The summed E-state index contributed by atoms with van der Waals surface area (Å²) >= 11 is 1.48. The zero-order valence-corrected chi connectivity index (χ0v) is 12.5. The van der Waals surface area contributed by atoms with Crippen LogP contribution in [0.2, 0.25) is 0 Å². The minimum Gasteiger partial charge on any atom is -0.360 e. The maximum Gasteiger partial charge on any atom is 0.202 e. The lowest BCUT2D eigenvalue weighted by Gasteiger charge is -2.04. The van der Waals surface area contributed by atoms with Gasteiger partial charge in [0.25, 0.3) is 0 Å². The van der Waals surface area contributed by atoms with Crippen molar-refractivity contribution >= 4 is 27.7 Å². The van der Waals surface area contributed by atoms with Gasteiger partial charge in [-0.15, -0.1) is 0 Å². The second-order valence-corrected chi connectivity index (χ2v) is 6.19. The molecule has 108 valence electrons. The number of aryl methyl sites for hydroxylation is 1. The predicted molar refractivity (Wildman–Crippen MR) is 84.7 cm³/mol. The van der Waals surface area contributed by atoms with E-state index in [0.717, 1.165) is 36.0 Å². The summed E-state index contributed by atoms with van der Waals surface area (Å²) in [6.45, 7) is 1.87. The fourth-order valence-corrected chi connectivity index (χ4v) is 3.12. The molecule has 1 fully saturated rings. The van der Waals surface area contributed by atoms with Crippen LogP contribution in [0.5, 0.6) is 0 Å². The third-order valence-electron chi connectivity index (χ3n) is 3.76. The quantitative estimate of drug-likeness (QED) is 0.710. The third kappa shape index (κ3) is 2.76. The number of nitrogens with one attached hydrogen (secondary N) is 1. The van der Waals surface area contributed by atoms with Crippen molar-refractivity contribution in [1.82, 2.24) is 18.9 Å². The molecule has 0 saturated heterocycles. The highest BCUT2D eigenvalue weighted by atomic mass is 32.1. The first-order valence-electron chi connectivity index (χ1n) is 7.37. The highest BCUT2D eigenvalue weighted by Crippen LogP contribution is 2.39. The zero-order chi connectivity index (χ0) is 14.1. The molecule has 0 bridgehead atoms. The van der Waals surface area contributed by atoms with Crippen molar-refractivity contribution in [1.29, 1.82) is 0 Å². The first-order chi connectivity index (χ1) is 10.4. The molecule has 4 rings (SSSR count). The Morgan fingerprint density at radius 1 is 1.29 bits per heavy atom. The summed E-state index contributed by atoms with van der Waals surface area (Å²) in [6.07, 6.45) is 5.47. The van der Waals surface area contributed by atoms with Crippen molar-refractivity contribution in [2.75, 3.05) is 11.9 Å². The number of nitrogens with zero attached hydrogens (tertiary/aromatic N) is 4. The fraction of sp³-hybridized carbons (Fsp3) is 0.400.